The molecule has 0 bridgehead atoms. The molecule has 7 nitrogen and oxygen atoms in total. The van der Waals surface area contributed by atoms with Gasteiger partial charge in [-0.1, -0.05) is 55.8 Å². The number of carbonyl (C=O) groups excluding carboxylic acids is 1. The van der Waals surface area contributed by atoms with Crippen molar-refractivity contribution in [2.45, 2.75) is 39.7 Å². The third-order valence-electron chi connectivity index (χ3n) is 5.93. The molecule has 1 aliphatic rings. The second kappa shape index (κ2) is 9.43. The fourth-order valence-corrected chi connectivity index (χ4v) is 5.11. The summed E-state index contributed by atoms with van der Waals surface area (Å²) in [7, 11) is 0. The summed E-state index contributed by atoms with van der Waals surface area (Å²) < 4.78 is 11.9. The number of carbonyl (C=O) groups is 1. The normalized spacial score (nSPS) is 15.3. The summed E-state index contributed by atoms with van der Waals surface area (Å²) in [5.74, 6) is 0.768. The van der Waals surface area contributed by atoms with E-state index in [-0.39, 0.29) is 16.8 Å². The molecular formula is C26H24ClN3O4S. The molecule has 2 aromatic carbocycles. The number of halogens is 1. The van der Waals surface area contributed by atoms with E-state index in [0.29, 0.717) is 45.8 Å². The first kappa shape index (κ1) is 23.5. The number of anilines is 1. The SMILES string of the molecule is CCc1nnc(N2C(=O)c3oc4ccc(Cl)cc4c(=O)c3C2c2cccc(OCCC(C)C)c2)s1. The Labute approximate surface area is 211 Å². The number of amides is 1. The molecule has 0 radical (unpaired) electrons. The lowest BCUT2D eigenvalue weighted by Gasteiger charge is -2.22. The average molecular weight is 510 g/mol. The Hall–Kier alpha value is -3.23. The van der Waals surface area contributed by atoms with Gasteiger partial charge in [-0.15, -0.1) is 10.2 Å². The third-order valence-corrected chi connectivity index (χ3v) is 7.24. The van der Waals surface area contributed by atoms with Gasteiger partial charge in [-0.25, -0.2) is 0 Å². The van der Waals surface area contributed by atoms with Gasteiger partial charge in [0.15, 0.2) is 5.43 Å². The average Bonchev–Trinajstić information content (AvgIpc) is 3.42. The van der Waals surface area contributed by atoms with Gasteiger partial charge in [0.25, 0.3) is 5.91 Å². The zero-order chi connectivity index (χ0) is 24.7. The lowest BCUT2D eigenvalue weighted by atomic mass is 9.98. The zero-order valence-corrected chi connectivity index (χ0v) is 21.2. The summed E-state index contributed by atoms with van der Waals surface area (Å²) in [6, 6.07) is 11.5. The number of hydrogen-bond donors (Lipinski definition) is 0. The number of nitrogens with zero attached hydrogens (tertiary/aromatic N) is 3. The molecular weight excluding hydrogens is 486 g/mol. The van der Waals surface area contributed by atoms with Crippen LogP contribution in [0.1, 0.15) is 59.9 Å². The number of benzene rings is 2. The maximum absolute atomic E-state index is 13.7. The molecule has 0 fully saturated rings. The van der Waals surface area contributed by atoms with Gasteiger partial charge < -0.3 is 9.15 Å². The van der Waals surface area contributed by atoms with Gasteiger partial charge in [-0.3, -0.25) is 14.5 Å². The van der Waals surface area contributed by atoms with Crippen molar-refractivity contribution in [2.75, 3.05) is 11.5 Å². The maximum atomic E-state index is 13.7. The molecule has 0 saturated heterocycles. The molecule has 1 unspecified atom stereocenters. The van der Waals surface area contributed by atoms with Crippen LogP contribution in [0.4, 0.5) is 5.13 Å². The summed E-state index contributed by atoms with van der Waals surface area (Å²) in [5, 5.41) is 10.4. The molecule has 1 atom stereocenters. The number of hydrogen-bond acceptors (Lipinski definition) is 7. The Kier molecular flexibility index (Phi) is 6.34. The molecule has 35 heavy (non-hydrogen) atoms. The largest absolute Gasteiger partial charge is 0.494 e. The highest BCUT2D eigenvalue weighted by Crippen LogP contribution is 2.43. The van der Waals surface area contributed by atoms with Crippen LogP contribution in [0.25, 0.3) is 11.0 Å². The second-order valence-corrected chi connectivity index (χ2v) is 10.3. The minimum absolute atomic E-state index is 0.00852. The van der Waals surface area contributed by atoms with Gasteiger partial charge in [0, 0.05) is 5.02 Å². The van der Waals surface area contributed by atoms with E-state index in [1.165, 1.54) is 16.2 Å². The van der Waals surface area contributed by atoms with Crippen molar-refractivity contribution in [3.8, 4) is 5.75 Å². The topological polar surface area (TPSA) is 85.5 Å². The first-order valence-electron chi connectivity index (χ1n) is 11.5. The molecule has 3 heterocycles. The molecule has 5 rings (SSSR count). The van der Waals surface area contributed by atoms with Crippen LogP contribution in [-0.4, -0.2) is 22.7 Å². The van der Waals surface area contributed by atoms with Crippen LogP contribution in [0, 0.1) is 5.92 Å². The second-order valence-electron chi connectivity index (χ2n) is 8.83. The molecule has 1 aliphatic heterocycles. The van der Waals surface area contributed by atoms with Crippen LogP contribution >= 0.6 is 22.9 Å². The first-order chi connectivity index (χ1) is 16.9. The number of ether oxygens (including phenoxy) is 1. The Morgan fingerprint density at radius 2 is 2.00 bits per heavy atom. The molecule has 0 N–H and O–H groups in total. The molecule has 2 aromatic heterocycles. The standard InChI is InChI=1S/C26H24ClN3O4S/c1-4-20-28-29-26(35-20)30-22(15-6-5-7-17(12-15)33-11-10-14(2)3)21-23(31)18-13-16(27)8-9-19(18)34-24(21)25(30)32/h5-9,12-14,22H,4,10-11H2,1-3H3. The number of fused-ring (bicyclic) bond motifs is 2. The van der Waals surface area contributed by atoms with E-state index in [9.17, 15) is 9.59 Å². The van der Waals surface area contributed by atoms with Gasteiger partial charge in [-0.2, -0.15) is 0 Å². The smallest absolute Gasteiger partial charge is 0.297 e. The monoisotopic (exact) mass is 509 g/mol. The quantitative estimate of drug-likeness (QED) is 0.302. The van der Waals surface area contributed by atoms with E-state index < -0.39 is 11.9 Å². The Morgan fingerprint density at radius 3 is 2.74 bits per heavy atom. The van der Waals surface area contributed by atoms with Crippen LogP contribution in [-0.2, 0) is 6.42 Å². The van der Waals surface area contributed by atoms with E-state index in [1.54, 1.807) is 18.2 Å². The van der Waals surface area contributed by atoms with E-state index >= 15 is 0 Å². The van der Waals surface area contributed by atoms with Crippen molar-refractivity contribution in [3.05, 3.63) is 79.6 Å². The highest BCUT2D eigenvalue weighted by atomic mass is 35.5. The van der Waals surface area contributed by atoms with Gasteiger partial charge >= 0.3 is 0 Å². The molecule has 4 aromatic rings. The Balaban J connectivity index is 1.67. The lowest BCUT2D eigenvalue weighted by molar-refractivity contribution is 0.0970. The minimum atomic E-state index is -0.733. The molecule has 9 heteroatoms. The fourth-order valence-electron chi connectivity index (χ4n) is 4.13. The zero-order valence-electron chi connectivity index (χ0n) is 19.6. The summed E-state index contributed by atoms with van der Waals surface area (Å²) >= 11 is 7.49. The van der Waals surface area contributed by atoms with Gasteiger partial charge in [0.2, 0.25) is 10.9 Å². The van der Waals surface area contributed by atoms with E-state index in [1.807, 2.05) is 31.2 Å². The van der Waals surface area contributed by atoms with Crippen molar-refractivity contribution in [1.29, 1.82) is 0 Å². The number of rotatable bonds is 7. The lowest BCUT2D eigenvalue weighted by Crippen LogP contribution is -2.29. The van der Waals surface area contributed by atoms with Gasteiger partial charge in [-0.05, 0) is 54.7 Å². The highest BCUT2D eigenvalue weighted by Gasteiger charge is 2.45. The molecule has 0 spiro atoms. The van der Waals surface area contributed by atoms with E-state index in [0.717, 1.165) is 17.0 Å². The third kappa shape index (κ3) is 4.32. The molecule has 0 saturated carbocycles. The predicted octanol–water partition coefficient (Wildman–Crippen LogP) is 6.04. The van der Waals surface area contributed by atoms with Crippen molar-refractivity contribution < 1.29 is 13.9 Å². The fraction of sp³-hybridized carbons (Fsp3) is 0.308. The van der Waals surface area contributed by atoms with Crippen LogP contribution < -0.4 is 15.1 Å². The van der Waals surface area contributed by atoms with Gasteiger partial charge in [0.05, 0.1) is 23.6 Å². The summed E-state index contributed by atoms with van der Waals surface area (Å²) in [6.07, 6.45) is 1.61. The van der Waals surface area contributed by atoms with E-state index in [4.69, 9.17) is 20.8 Å². The van der Waals surface area contributed by atoms with Crippen LogP contribution in [0.5, 0.6) is 5.75 Å². The highest BCUT2D eigenvalue weighted by molar-refractivity contribution is 7.15. The molecule has 0 aliphatic carbocycles. The number of aromatic nitrogens is 2. The maximum Gasteiger partial charge on any atom is 0.297 e. The first-order valence-corrected chi connectivity index (χ1v) is 12.7. The van der Waals surface area contributed by atoms with Crippen molar-refractivity contribution in [2.24, 2.45) is 5.92 Å². The molecule has 1 amide bonds. The predicted molar refractivity (Wildman–Crippen MR) is 137 cm³/mol. The summed E-state index contributed by atoms with van der Waals surface area (Å²) in [6.45, 7) is 6.83. The Bertz CT molecular complexity index is 1480. The summed E-state index contributed by atoms with van der Waals surface area (Å²) in [4.78, 5) is 28.9. The summed E-state index contributed by atoms with van der Waals surface area (Å²) in [5.41, 5.74) is 0.999. The molecule has 180 valence electrons. The van der Waals surface area contributed by atoms with Crippen molar-refractivity contribution >= 4 is 44.9 Å². The van der Waals surface area contributed by atoms with Crippen molar-refractivity contribution in [1.82, 2.24) is 10.2 Å². The van der Waals surface area contributed by atoms with Crippen LogP contribution in [0.2, 0.25) is 5.02 Å². The number of aryl methyl sites for hydroxylation is 1. The van der Waals surface area contributed by atoms with E-state index in [2.05, 4.69) is 24.0 Å². The minimum Gasteiger partial charge on any atom is -0.494 e. The van der Waals surface area contributed by atoms with Crippen LogP contribution in [0.15, 0.2) is 51.7 Å². The van der Waals surface area contributed by atoms with Crippen molar-refractivity contribution in [3.63, 3.8) is 0 Å². The Morgan fingerprint density at radius 1 is 1.17 bits per heavy atom. The van der Waals surface area contributed by atoms with Crippen LogP contribution in [0.3, 0.4) is 0 Å². The van der Waals surface area contributed by atoms with Gasteiger partial charge in [0.1, 0.15) is 16.3 Å².